The average Bonchev–Trinajstić information content (AvgIpc) is 2.53. The zero-order valence-corrected chi connectivity index (χ0v) is 14.1. The number of benzene rings is 1. The van der Waals surface area contributed by atoms with E-state index in [1.807, 2.05) is 24.3 Å². The Labute approximate surface area is 142 Å². The van der Waals surface area contributed by atoms with E-state index in [1.165, 1.54) is 19.3 Å². The van der Waals surface area contributed by atoms with Crippen molar-refractivity contribution in [1.82, 2.24) is 10.7 Å². The molecule has 4 aliphatic carbocycles. The summed E-state index contributed by atoms with van der Waals surface area (Å²) < 4.78 is 5.27. The molecular weight excluding hydrogens is 302 g/mol. The van der Waals surface area contributed by atoms with Crippen molar-refractivity contribution >= 4 is 12.2 Å². The normalized spacial score (nSPS) is 33.6. The summed E-state index contributed by atoms with van der Waals surface area (Å²) in [5, 5.41) is 7.33. The Kier molecular flexibility index (Phi) is 3.94. The fourth-order valence-corrected chi connectivity index (χ4v) is 5.47. The average molecular weight is 327 g/mol. The summed E-state index contributed by atoms with van der Waals surface area (Å²) >= 11 is 0. The number of urea groups is 1. The van der Waals surface area contributed by atoms with Gasteiger partial charge in [0.05, 0.1) is 13.3 Å². The van der Waals surface area contributed by atoms with Gasteiger partial charge in [-0.1, -0.05) is 12.1 Å². The highest BCUT2D eigenvalue weighted by Gasteiger charge is 2.51. The monoisotopic (exact) mass is 327 g/mol. The molecule has 128 valence electrons. The van der Waals surface area contributed by atoms with Crippen LogP contribution in [0, 0.1) is 17.8 Å². The minimum absolute atomic E-state index is 0.0127. The van der Waals surface area contributed by atoms with Crippen molar-refractivity contribution in [2.24, 2.45) is 22.9 Å². The van der Waals surface area contributed by atoms with Crippen LogP contribution in [0.15, 0.2) is 29.4 Å². The molecule has 5 rings (SSSR count). The summed E-state index contributed by atoms with van der Waals surface area (Å²) in [7, 11) is 1.62. The smallest absolute Gasteiger partial charge is 0.335 e. The van der Waals surface area contributed by atoms with Gasteiger partial charge >= 0.3 is 6.03 Å². The van der Waals surface area contributed by atoms with Crippen LogP contribution in [0.5, 0.6) is 5.75 Å². The van der Waals surface area contributed by atoms with Crippen molar-refractivity contribution < 1.29 is 9.53 Å². The highest BCUT2D eigenvalue weighted by Crippen LogP contribution is 2.55. The molecule has 2 N–H and O–H groups in total. The molecule has 0 heterocycles. The van der Waals surface area contributed by atoms with E-state index in [0.717, 1.165) is 48.3 Å². The van der Waals surface area contributed by atoms with Gasteiger partial charge in [0, 0.05) is 11.1 Å². The summed E-state index contributed by atoms with van der Waals surface area (Å²) in [5.74, 6) is 3.18. The molecule has 0 atom stereocenters. The number of methoxy groups -OCH3 is 1. The zero-order valence-electron chi connectivity index (χ0n) is 14.1. The molecule has 1 aromatic carbocycles. The van der Waals surface area contributed by atoms with Crippen molar-refractivity contribution in [2.75, 3.05) is 7.11 Å². The third kappa shape index (κ3) is 2.99. The molecule has 4 aliphatic rings. The van der Waals surface area contributed by atoms with Crippen molar-refractivity contribution in [3.63, 3.8) is 0 Å². The number of nitrogens with one attached hydrogen (secondary N) is 2. The van der Waals surface area contributed by atoms with Crippen LogP contribution in [-0.4, -0.2) is 24.9 Å². The molecule has 4 saturated carbocycles. The van der Waals surface area contributed by atoms with E-state index in [-0.39, 0.29) is 11.6 Å². The van der Waals surface area contributed by atoms with E-state index in [4.69, 9.17) is 4.74 Å². The Balaban J connectivity index is 1.36. The quantitative estimate of drug-likeness (QED) is 0.658. The lowest BCUT2D eigenvalue weighted by Gasteiger charge is -2.56. The van der Waals surface area contributed by atoms with Crippen LogP contribution in [0.1, 0.15) is 44.1 Å². The highest BCUT2D eigenvalue weighted by atomic mass is 16.5. The van der Waals surface area contributed by atoms with E-state index in [1.54, 1.807) is 13.3 Å². The molecule has 2 amide bonds. The second kappa shape index (κ2) is 6.11. The van der Waals surface area contributed by atoms with Gasteiger partial charge in [0.2, 0.25) is 0 Å². The molecule has 0 unspecified atom stereocenters. The molecule has 0 radical (unpaired) electrons. The van der Waals surface area contributed by atoms with Crippen LogP contribution in [0.2, 0.25) is 0 Å². The topological polar surface area (TPSA) is 62.7 Å². The minimum Gasteiger partial charge on any atom is -0.496 e. The SMILES string of the molecule is COc1ccccc1C=NNC(=O)NC12CC3CC(CC(C3)C1)C2. The van der Waals surface area contributed by atoms with Gasteiger partial charge in [0.15, 0.2) is 0 Å². The molecule has 24 heavy (non-hydrogen) atoms. The maximum absolute atomic E-state index is 12.3. The number of amides is 2. The van der Waals surface area contributed by atoms with Crippen molar-refractivity contribution in [1.29, 1.82) is 0 Å². The first-order chi connectivity index (χ1) is 11.7. The van der Waals surface area contributed by atoms with Gasteiger partial charge in [-0.05, 0) is 68.4 Å². The summed E-state index contributed by atoms with van der Waals surface area (Å²) in [6, 6.07) is 7.41. The van der Waals surface area contributed by atoms with Gasteiger partial charge in [-0.3, -0.25) is 0 Å². The Bertz CT molecular complexity index is 620. The van der Waals surface area contributed by atoms with Crippen molar-refractivity contribution in [3.8, 4) is 5.75 Å². The molecule has 1 aromatic rings. The fraction of sp³-hybridized carbons (Fsp3) is 0.579. The first-order valence-corrected chi connectivity index (χ1v) is 8.90. The van der Waals surface area contributed by atoms with Gasteiger partial charge in [-0.25, -0.2) is 10.2 Å². The molecule has 5 nitrogen and oxygen atoms in total. The van der Waals surface area contributed by atoms with Gasteiger partial charge in [-0.2, -0.15) is 5.10 Å². The van der Waals surface area contributed by atoms with E-state index in [0.29, 0.717) is 0 Å². The summed E-state index contributed by atoms with van der Waals surface area (Å²) in [5.41, 5.74) is 3.48. The van der Waals surface area contributed by atoms with Crippen LogP contribution in [0.3, 0.4) is 0 Å². The third-order valence-corrected chi connectivity index (χ3v) is 5.93. The van der Waals surface area contributed by atoms with Gasteiger partial charge in [0.25, 0.3) is 0 Å². The predicted molar refractivity (Wildman–Crippen MR) is 93.2 cm³/mol. The predicted octanol–water partition coefficient (Wildman–Crippen LogP) is 3.30. The Morgan fingerprint density at radius 1 is 1.17 bits per heavy atom. The van der Waals surface area contributed by atoms with Crippen LogP contribution in [0.4, 0.5) is 4.79 Å². The molecule has 4 fully saturated rings. The zero-order chi connectivity index (χ0) is 16.6. The Morgan fingerprint density at radius 3 is 2.42 bits per heavy atom. The number of hydrogen-bond acceptors (Lipinski definition) is 3. The maximum Gasteiger partial charge on any atom is 0.335 e. The number of ether oxygens (including phenoxy) is 1. The Hall–Kier alpha value is -2.04. The molecule has 0 saturated heterocycles. The largest absolute Gasteiger partial charge is 0.496 e. The summed E-state index contributed by atoms with van der Waals surface area (Å²) in [6.07, 6.45) is 9.16. The van der Waals surface area contributed by atoms with Gasteiger partial charge in [-0.15, -0.1) is 0 Å². The molecule has 0 spiro atoms. The number of para-hydroxylation sites is 1. The lowest BCUT2D eigenvalue weighted by Crippen LogP contribution is -2.61. The maximum atomic E-state index is 12.3. The fourth-order valence-electron chi connectivity index (χ4n) is 5.47. The van der Waals surface area contributed by atoms with Crippen LogP contribution < -0.4 is 15.5 Å². The lowest BCUT2D eigenvalue weighted by molar-refractivity contribution is -0.0135. The molecule has 4 bridgehead atoms. The van der Waals surface area contributed by atoms with E-state index in [9.17, 15) is 4.79 Å². The summed E-state index contributed by atoms with van der Waals surface area (Å²) in [4.78, 5) is 12.3. The number of hydrazone groups is 1. The van der Waals surface area contributed by atoms with E-state index in [2.05, 4.69) is 15.8 Å². The van der Waals surface area contributed by atoms with E-state index >= 15 is 0 Å². The molecule has 0 aliphatic heterocycles. The number of rotatable bonds is 4. The highest BCUT2D eigenvalue weighted by molar-refractivity contribution is 5.85. The van der Waals surface area contributed by atoms with Crippen LogP contribution in [0.25, 0.3) is 0 Å². The van der Waals surface area contributed by atoms with Crippen molar-refractivity contribution in [2.45, 2.75) is 44.1 Å². The van der Waals surface area contributed by atoms with Crippen LogP contribution in [-0.2, 0) is 0 Å². The van der Waals surface area contributed by atoms with E-state index < -0.39 is 0 Å². The minimum atomic E-state index is -0.192. The molecular formula is C19H25N3O2. The molecule has 5 heteroatoms. The second-order valence-electron chi connectivity index (χ2n) is 7.76. The lowest BCUT2D eigenvalue weighted by atomic mass is 9.53. The first kappa shape index (κ1) is 15.5. The van der Waals surface area contributed by atoms with Crippen LogP contribution >= 0.6 is 0 Å². The molecule has 0 aromatic heterocycles. The van der Waals surface area contributed by atoms with Gasteiger partial charge in [0.1, 0.15) is 5.75 Å². The number of carbonyl (C=O) groups is 1. The number of nitrogens with zero attached hydrogens (tertiary/aromatic N) is 1. The first-order valence-electron chi connectivity index (χ1n) is 8.90. The number of hydrogen-bond donors (Lipinski definition) is 2. The number of carbonyl (C=O) groups excluding carboxylic acids is 1. The third-order valence-electron chi connectivity index (χ3n) is 5.93. The van der Waals surface area contributed by atoms with Gasteiger partial charge < -0.3 is 10.1 Å². The Morgan fingerprint density at radius 2 is 1.79 bits per heavy atom. The van der Waals surface area contributed by atoms with Crippen molar-refractivity contribution in [3.05, 3.63) is 29.8 Å². The second-order valence-corrected chi connectivity index (χ2v) is 7.76. The summed E-state index contributed by atoms with van der Waals surface area (Å²) in [6.45, 7) is 0. The standard InChI is InChI=1S/C19H25N3O2/c1-24-17-5-3-2-4-16(17)12-20-22-18(23)21-19-9-13-6-14(10-19)8-15(7-13)11-19/h2-5,12-15H,6-11H2,1H3,(H2,21,22,23).